The standard InChI is InChI=1S/C21H28N2O2/c1-25-14-4-13-23-20(9-10-21(23)24)11-12-22-16-17-7-8-18-5-2-3-6-19(18)15-17/h2-3,5-8,15,20,22H,4,9-14,16H2,1H3. The van der Waals surface area contributed by atoms with Crippen molar-refractivity contribution in [2.75, 3.05) is 26.8 Å². The number of carbonyl (C=O) groups excluding carboxylic acids is 1. The van der Waals surface area contributed by atoms with E-state index in [1.165, 1.54) is 16.3 Å². The summed E-state index contributed by atoms with van der Waals surface area (Å²) in [7, 11) is 1.71. The fourth-order valence-corrected chi connectivity index (χ4v) is 3.63. The third kappa shape index (κ3) is 4.80. The van der Waals surface area contributed by atoms with Crippen LogP contribution in [-0.2, 0) is 16.1 Å². The Balaban J connectivity index is 1.44. The number of hydrogen-bond donors (Lipinski definition) is 1. The van der Waals surface area contributed by atoms with Crippen molar-refractivity contribution in [3.05, 3.63) is 48.0 Å². The van der Waals surface area contributed by atoms with Crippen LogP contribution in [0.1, 0.15) is 31.2 Å². The van der Waals surface area contributed by atoms with Gasteiger partial charge in [-0.25, -0.2) is 0 Å². The van der Waals surface area contributed by atoms with Crippen molar-refractivity contribution >= 4 is 16.7 Å². The smallest absolute Gasteiger partial charge is 0.222 e. The lowest BCUT2D eigenvalue weighted by molar-refractivity contribution is -0.129. The Morgan fingerprint density at radius 2 is 2.04 bits per heavy atom. The van der Waals surface area contributed by atoms with Crippen LogP contribution in [0.5, 0.6) is 0 Å². The minimum absolute atomic E-state index is 0.302. The molecule has 1 heterocycles. The van der Waals surface area contributed by atoms with E-state index in [0.717, 1.165) is 45.5 Å². The highest BCUT2D eigenvalue weighted by Gasteiger charge is 2.29. The third-order valence-corrected chi connectivity index (χ3v) is 5.00. The maximum absolute atomic E-state index is 12.0. The maximum Gasteiger partial charge on any atom is 0.222 e. The summed E-state index contributed by atoms with van der Waals surface area (Å²) in [6.45, 7) is 3.35. The van der Waals surface area contributed by atoms with Crippen LogP contribution < -0.4 is 5.32 Å². The second-order valence-corrected chi connectivity index (χ2v) is 6.77. The molecule has 3 rings (SSSR count). The van der Waals surface area contributed by atoms with Gasteiger partial charge in [0.1, 0.15) is 0 Å². The van der Waals surface area contributed by atoms with E-state index in [2.05, 4.69) is 52.7 Å². The molecule has 1 saturated heterocycles. The molecule has 4 heteroatoms. The summed E-state index contributed by atoms with van der Waals surface area (Å²) in [5.74, 6) is 0.302. The van der Waals surface area contributed by atoms with Crippen LogP contribution in [-0.4, -0.2) is 43.7 Å². The first-order valence-corrected chi connectivity index (χ1v) is 9.25. The number of likely N-dealkylation sites (tertiary alicyclic amines) is 1. The first kappa shape index (κ1) is 17.9. The highest BCUT2D eigenvalue weighted by Crippen LogP contribution is 2.21. The van der Waals surface area contributed by atoms with Gasteiger partial charge in [-0.2, -0.15) is 0 Å². The van der Waals surface area contributed by atoms with E-state index in [1.807, 2.05) is 0 Å². The summed E-state index contributed by atoms with van der Waals surface area (Å²) in [4.78, 5) is 14.1. The predicted molar refractivity (Wildman–Crippen MR) is 101 cm³/mol. The molecule has 0 saturated carbocycles. The number of fused-ring (bicyclic) bond motifs is 1. The van der Waals surface area contributed by atoms with Crippen molar-refractivity contribution in [3.63, 3.8) is 0 Å². The lowest BCUT2D eigenvalue weighted by atomic mass is 10.1. The topological polar surface area (TPSA) is 41.6 Å². The SMILES string of the molecule is COCCCN1C(=O)CCC1CCNCc1ccc2ccccc2c1. The number of nitrogens with one attached hydrogen (secondary N) is 1. The second-order valence-electron chi connectivity index (χ2n) is 6.77. The van der Waals surface area contributed by atoms with Gasteiger partial charge in [0.15, 0.2) is 0 Å². The molecule has 1 amide bonds. The Bertz CT molecular complexity index is 701. The van der Waals surface area contributed by atoms with Gasteiger partial charge in [0, 0.05) is 39.3 Å². The number of carbonyl (C=O) groups is 1. The molecule has 2 aromatic rings. The average molecular weight is 340 g/mol. The molecule has 1 unspecified atom stereocenters. The normalized spacial score (nSPS) is 17.6. The molecule has 25 heavy (non-hydrogen) atoms. The summed E-state index contributed by atoms with van der Waals surface area (Å²) in [6.07, 6.45) is 3.63. The first-order chi connectivity index (χ1) is 12.3. The molecule has 4 nitrogen and oxygen atoms in total. The van der Waals surface area contributed by atoms with Crippen molar-refractivity contribution in [2.45, 2.75) is 38.3 Å². The molecule has 1 fully saturated rings. The monoisotopic (exact) mass is 340 g/mol. The molecule has 2 aromatic carbocycles. The van der Waals surface area contributed by atoms with Gasteiger partial charge in [-0.05, 0) is 48.2 Å². The van der Waals surface area contributed by atoms with Gasteiger partial charge in [-0.3, -0.25) is 4.79 Å². The van der Waals surface area contributed by atoms with E-state index in [1.54, 1.807) is 7.11 Å². The second kappa shape index (κ2) is 8.97. The summed E-state index contributed by atoms with van der Waals surface area (Å²) in [6, 6.07) is 15.4. The molecule has 1 aliphatic rings. The van der Waals surface area contributed by atoms with Gasteiger partial charge in [-0.15, -0.1) is 0 Å². The molecule has 0 aliphatic carbocycles. The molecule has 0 radical (unpaired) electrons. The van der Waals surface area contributed by atoms with E-state index < -0.39 is 0 Å². The number of ether oxygens (including phenoxy) is 1. The van der Waals surface area contributed by atoms with Gasteiger partial charge < -0.3 is 15.0 Å². The maximum atomic E-state index is 12.0. The largest absolute Gasteiger partial charge is 0.385 e. The Kier molecular flexibility index (Phi) is 6.42. The summed E-state index contributed by atoms with van der Waals surface area (Å²) in [5.41, 5.74) is 1.30. The number of amides is 1. The van der Waals surface area contributed by atoms with E-state index >= 15 is 0 Å². The molecule has 0 bridgehead atoms. The fraction of sp³-hybridized carbons (Fsp3) is 0.476. The molecular weight excluding hydrogens is 312 g/mol. The Labute approximate surface area is 150 Å². The van der Waals surface area contributed by atoms with Crippen molar-refractivity contribution in [2.24, 2.45) is 0 Å². The minimum atomic E-state index is 0.302. The fourth-order valence-electron chi connectivity index (χ4n) is 3.63. The van der Waals surface area contributed by atoms with Gasteiger partial charge in [0.2, 0.25) is 5.91 Å². The molecule has 0 aromatic heterocycles. The van der Waals surface area contributed by atoms with E-state index in [-0.39, 0.29) is 0 Å². The Hall–Kier alpha value is -1.91. The predicted octanol–water partition coefficient (Wildman–Crippen LogP) is 3.35. The lowest BCUT2D eigenvalue weighted by Gasteiger charge is -2.25. The zero-order valence-corrected chi connectivity index (χ0v) is 15.0. The van der Waals surface area contributed by atoms with Crippen LogP contribution in [0.4, 0.5) is 0 Å². The van der Waals surface area contributed by atoms with Crippen molar-refractivity contribution in [1.29, 1.82) is 0 Å². The molecule has 1 atom stereocenters. The highest BCUT2D eigenvalue weighted by atomic mass is 16.5. The Morgan fingerprint density at radius 3 is 2.88 bits per heavy atom. The van der Waals surface area contributed by atoms with Crippen LogP contribution in [0.15, 0.2) is 42.5 Å². The molecule has 1 N–H and O–H groups in total. The van der Waals surface area contributed by atoms with Crippen LogP contribution in [0, 0.1) is 0 Å². The van der Waals surface area contributed by atoms with Crippen molar-refractivity contribution in [3.8, 4) is 0 Å². The summed E-state index contributed by atoms with van der Waals surface area (Å²) >= 11 is 0. The Morgan fingerprint density at radius 1 is 1.20 bits per heavy atom. The number of nitrogens with zero attached hydrogens (tertiary/aromatic N) is 1. The van der Waals surface area contributed by atoms with Crippen LogP contribution in [0.2, 0.25) is 0 Å². The van der Waals surface area contributed by atoms with E-state index in [9.17, 15) is 4.79 Å². The lowest BCUT2D eigenvalue weighted by Crippen LogP contribution is -2.36. The minimum Gasteiger partial charge on any atom is -0.385 e. The van der Waals surface area contributed by atoms with Crippen molar-refractivity contribution < 1.29 is 9.53 Å². The van der Waals surface area contributed by atoms with E-state index in [4.69, 9.17) is 4.74 Å². The summed E-state index contributed by atoms with van der Waals surface area (Å²) < 4.78 is 5.10. The van der Waals surface area contributed by atoms with Gasteiger partial charge in [0.05, 0.1) is 0 Å². The first-order valence-electron chi connectivity index (χ1n) is 9.25. The van der Waals surface area contributed by atoms with Crippen LogP contribution in [0.3, 0.4) is 0 Å². The highest BCUT2D eigenvalue weighted by molar-refractivity contribution is 5.83. The zero-order valence-electron chi connectivity index (χ0n) is 15.0. The van der Waals surface area contributed by atoms with Gasteiger partial charge in [0.25, 0.3) is 0 Å². The molecular formula is C21H28N2O2. The molecule has 134 valence electrons. The third-order valence-electron chi connectivity index (χ3n) is 5.00. The van der Waals surface area contributed by atoms with E-state index in [0.29, 0.717) is 18.4 Å². The zero-order chi connectivity index (χ0) is 17.5. The van der Waals surface area contributed by atoms with Crippen molar-refractivity contribution in [1.82, 2.24) is 10.2 Å². The molecule has 0 spiro atoms. The van der Waals surface area contributed by atoms with Crippen LogP contribution in [0.25, 0.3) is 10.8 Å². The average Bonchev–Trinajstić information content (AvgIpc) is 2.99. The summed E-state index contributed by atoms with van der Waals surface area (Å²) in [5, 5.41) is 6.10. The number of benzene rings is 2. The quantitative estimate of drug-likeness (QED) is 0.712. The number of hydrogen-bond acceptors (Lipinski definition) is 3. The molecule has 1 aliphatic heterocycles. The van der Waals surface area contributed by atoms with Gasteiger partial charge in [-0.1, -0.05) is 36.4 Å². The number of methoxy groups -OCH3 is 1. The number of rotatable bonds is 9. The van der Waals surface area contributed by atoms with Crippen LogP contribution >= 0.6 is 0 Å². The van der Waals surface area contributed by atoms with Gasteiger partial charge >= 0.3 is 0 Å².